The molecule has 2 aromatic rings. The first-order valence-corrected chi connectivity index (χ1v) is 11.0. The van der Waals surface area contributed by atoms with Gasteiger partial charge in [-0.05, 0) is 43.4 Å². The summed E-state index contributed by atoms with van der Waals surface area (Å²) < 4.78 is 5.20. The van der Waals surface area contributed by atoms with Crippen LogP contribution in [-0.4, -0.2) is 52.6 Å². The van der Waals surface area contributed by atoms with Crippen molar-refractivity contribution in [1.82, 2.24) is 10.2 Å². The van der Waals surface area contributed by atoms with E-state index in [1.165, 1.54) is 4.90 Å². The zero-order chi connectivity index (χ0) is 23.1. The maximum atomic E-state index is 13.3. The van der Waals surface area contributed by atoms with E-state index in [4.69, 9.17) is 4.74 Å². The monoisotopic (exact) mass is 474 g/mol. The van der Waals surface area contributed by atoms with Gasteiger partial charge in [0.1, 0.15) is 12.1 Å². The molecular weight excluding hydrogens is 444 g/mol. The number of carboxylic acid groups (broad SMARTS) is 1. The van der Waals surface area contributed by atoms with Crippen LogP contribution >= 0.6 is 0 Å². The fraction of sp³-hybridized carbons (Fsp3) is 0.400. The van der Waals surface area contributed by atoms with Crippen LogP contribution in [0.4, 0.5) is 0 Å². The summed E-state index contributed by atoms with van der Waals surface area (Å²) in [4.78, 5) is 39.1. The first kappa shape index (κ1) is 26.4. The summed E-state index contributed by atoms with van der Waals surface area (Å²) >= 11 is 0. The highest BCUT2D eigenvalue weighted by Gasteiger charge is 2.37. The van der Waals surface area contributed by atoms with Crippen LogP contribution in [-0.2, 0) is 38.5 Å². The molecule has 33 heavy (non-hydrogen) atoms. The fourth-order valence-electron chi connectivity index (χ4n) is 4.06. The number of halogens is 1. The van der Waals surface area contributed by atoms with Gasteiger partial charge in [0.05, 0.1) is 12.6 Å². The van der Waals surface area contributed by atoms with E-state index in [1.54, 1.807) is 13.8 Å². The quantitative estimate of drug-likeness (QED) is 0.484. The molecule has 3 unspecified atom stereocenters. The number of carbonyl (C=O) groups is 3. The first-order chi connectivity index (χ1) is 15.4. The summed E-state index contributed by atoms with van der Waals surface area (Å²) in [5.74, 6) is -1.80. The van der Waals surface area contributed by atoms with E-state index in [9.17, 15) is 19.5 Å². The van der Waals surface area contributed by atoms with Gasteiger partial charge in [0.15, 0.2) is 0 Å². The van der Waals surface area contributed by atoms with Crippen LogP contribution < -0.4 is 17.7 Å². The summed E-state index contributed by atoms with van der Waals surface area (Å²) in [5, 5.41) is 12.8. The predicted octanol–water partition coefficient (Wildman–Crippen LogP) is -0.316. The number of rotatable bonds is 9. The number of hydrogen-bond donors (Lipinski definition) is 2. The first-order valence-electron chi connectivity index (χ1n) is 11.0. The predicted molar refractivity (Wildman–Crippen MR) is 121 cm³/mol. The number of nitrogens with zero attached hydrogens (tertiary/aromatic N) is 1. The molecule has 3 atom stereocenters. The molecule has 2 N–H and O–H groups in total. The van der Waals surface area contributed by atoms with Crippen LogP contribution in [0.3, 0.4) is 0 Å². The zero-order valence-corrected chi connectivity index (χ0v) is 19.6. The Labute approximate surface area is 202 Å². The third-order valence-electron chi connectivity index (χ3n) is 5.77. The summed E-state index contributed by atoms with van der Waals surface area (Å²) in [6, 6.07) is 15.0. The Morgan fingerprint density at radius 1 is 1.12 bits per heavy atom. The minimum absolute atomic E-state index is 0. The number of hydrogen-bond acceptors (Lipinski definition) is 5. The van der Waals surface area contributed by atoms with Crippen LogP contribution in [0.15, 0.2) is 54.6 Å². The second kappa shape index (κ2) is 12.4. The lowest BCUT2D eigenvalue weighted by atomic mass is 9.93. The molecule has 178 valence electrons. The smallest absolute Gasteiger partial charge is 1.00 e. The normalized spacial score (nSPS) is 16.7. The van der Waals surface area contributed by atoms with E-state index in [-0.39, 0.29) is 39.3 Å². The molecule has 1 aliphatic rings. The molecule has 0 bridgehead atoms. The van der Waals surface area contributed by atoms with Gasteiger partial charge in [-0.25, -0.2) is 4.79 Å². The summed E-state index contributed by atoms with van der Waals surface area (Å²) in [6.45, 7) is 3.88. The van der Waals surface area contributed by atoms with Crippen LogP contribution in [0.1, 0.15) is 38.4 Å². The van der Waals surface area contributed by atoms with Gasteiger partial charge in [0.2, 0.25) is 5.91 Å². The zero-order valence-electron chi connectivity index (χ0n) is 19.9. The van der Waals surface area contributed by atoms with E-state index < -0.39 is 30.1 Å². The standard InChI is InChI=1S/C25H30N2O5.ClH/c1-3-32-25(31)21(14-13-18-9-5-4-6-10-18)26-17(2)23(28)27-16-20-12-8-7-11-19(20)15-22(27)24(29)30;/h4-12,17,21-22,26H,3,13-16H2,1-2H3,(H,29,30);1H. The van der Waals surface area contributed by atoms with Gasteiger partial charge in [0, 0.05) is 13.0 Å². The number of fused-ring (bicyclic) bond motifs is 1. The molecule has 0 saturated heterocycles. The number of esters is 1. The second-order valence-electron chi connectivity index (χ2n) is 8.01. The number of benzene rings is 2. The maximum Gasteiger partial charge on any atom is 1.00 e. The molecule has 2 aromatic carbocycles. The third-order valence-corrected chi connectivity index (χ3v) is 5.77. The van der Waals surface area contributed by atoms with Crippen LogP contribution in [0.5, 0.6) is 0 Å². The molecule has 1 heterocycles. The van der Waals surface area contributed by atoms with Gasteiger partial charge in [-0.15, -0.1) is 0 Å². The van der Waals surface area contributed by atoms with Crippen LogP contribution in [0.2, 0.25) is 0 Å². The van der Waals surface area contributed by atoms with Crippen molar-refractivity contribution in [2.45, 2.75) is 57.8 Å². The van der Waals surface area contributed by atoms with E-state index in [2.05, 4.69) is 5.32 Å². The van der Waals surface area contributed by atoms with Crippen LogP contribution in [0, 0.1) is 0 Å². The minimum atomic E-state index is -1.04. The average Bonchev–Trinajstić information content (AvgIpc) is 2.80. The van der Waals surface area contributed by atoms with Gasteiger partial charge in [-0.3, -0.25) is 14.9 Å². The van der Waals surface area contributed by atoms with Crippen molar-refractivity contribution in [2.24, 2.45) is 0 Å². The number of amides is 1. The van der Waals surface area contributed by atoms with Crippen molar-refractivity contribution in [1.29, 1.82) is 0 Å². The van der Waals surface area contributed by atoms with Crippen molar-refractivity contribution in [3.63, 3.8) is 0 Å². The Morgan fingerprint density at radius 3 is 2.39 bits per heavy atom. The number of carbonyl (C=O) groups excluding carboxylic acids is 2. The highest BCUT2D eigenvalue weighted by atomic mass is 35.5. The molecule has 7 nitrogen and oxygen atoms in total. The summed E-state index contributed by atoms with van der Waals surface area (Å²) in [5.41, 5.74) is 2.97. The number of carboxylic acids is 1. The number of aryl methyl sites for hydroxylation is 1. The Kier molecular flexibility index (Phi) is 9.88. The van der Waals surface area contributed by atoms with E-state index in [0.717, 1.165) is 16.7 Å². The summed E-state index contributed by atoms with van der Waals surface area (Å²) in [7, 11) is 0. The topological polar surface area (TPSA) is 95.9 Å². The minimum Gasteiger partial charge on any atom is -1.00 e. The highest BCUT2D eigenvalue weighted by Crippen LogP contribution is 2.24. The molecule has 8 heteroatoms. The third kappa shape index (κ3) is 6.79. The molecule has 0 fully saturated rings. The molecule has 1 amide bonds. The van der Waals surface area contributed by atoms with E-state index >= 15 is 0 Å². The van der Waals surface area contributed by atoms with Gasteiger partial charge in [-0.2, -0.15) is 0 Å². The number of nitrogens with one attached hydrogen (secondary N) is 1. The van der Waals surface area contributed by atoms with Crippen LogP contribution in [0.25, 0.3) is 0 Å². The second-order valence-corrected chi connectivity index (χ2v) is 8.01. The molecule has 0 spiro atoms. The lowest BCUT2D eigenvalue weighted by Gasteiger charge is -2.36. The number of ether oxygens (including phenoxy) is 1. The van der Waals surface area contributed by atoms with E-state index in [0.29, 0.717) is 12.8 Å². The highest BCUT2D eigenvalue weighted by molar-refractivity contribution is 5.88. The molecule has 1 aliphatic heterocycles. The molecule has 0 saturated carbocycles. The Morgan fingerprint density at radius 2 is 1.76 bits per heavy atom. The van der Waals surface area contributed by atoms with E-state index in [1.807, 2.05) is 54.6 Å². The molecule has 0 aromatic heterocycles. The van der Waals surface area contributed by atoms with Gasteiger partial charge in [0.25, 0.3) is 0 Å². The molecule has 3 rings (SSSR count). The van der Waals surface area contributed by atoms with Gasteiger partial charge in [-0.1, -0.05) is 54.6 Å². The van der Waals surface area contributed by atoms with Crippen molar-refractivity contribution in [2.75, 3.05) is 6.61 Å². The molecule has 0 radical (unpaired) electrons. The van der Waals surface area contributed by atoms with Crippen molar-refractivity contribution in [3.05, 3.63) is 71.3 Å². The van der Waals surface area contributed by atoms with Crippen molar-refractivity contribution >= 4 is 17.8 Å². The Bertz CT molecular complexity index is 959. The number of aliphatic carboxylic acids is 1. The SMILES string of the molecule is CCOC(=O)C(CCc1ccccc1)NC(C)C(=O)N1Cc2ccccc2CC1C(=O)O.[Cl-].[H+]. The largest absolute Gasteiger partial charge is 1.00 e. The summed E-state index contributed by atoms with van der Waals surface area (Å²) in [6.07, 6.45) is 1.37. The van der Waals surface area contributed by atoms with Gasteiger partial charge < -0.3 is 27.2 Å². The van der Waals surface area contributed by atoms with Crippen molar-refractivity contribution in [3.8, 4) is 0 Å². The molecular formula is C25H31ClN2O5. The van der Waals surface area contributed by atoms with Gasteiger partial charge >= 0.3 is 13.4 Å². The lowest BCUT2D eigenvalue weighted by molar-refractivity contribution is -0.153. The average molecular weight is 475 g/mol. The van der Waals surface area contributed by atoms with Crippen molar-refractivity contribution < 1.29 is 38.1 Å². The molecule has 0 aliphatic carbocycles. The maximum absolute atomic E-state index is 13.3. The Hall–Kier alpha value is -2.90. The Balaban J connectivity index is 0.00000289. The lowest BCUT2D eigenvalue weighted by Crippen LogP contribution is -3.00. The fourth-order valence-corrected chi connectivity index (χ4v) is 4.06.